The highest BCUT2D eigenvalue weighted by molar-refractivity contribution is 6.99. The van der Waals surface area contributed by atoms with Crippen LogP contribution in [0.1, 0.15) is 18.4 Å². The molecule has 0 fully saturated rings. The fourth-order valence-corrected chi connectivity index (χ4v) is 2.59. The van der Waals surface area contributed by atoms with Crippen molar-refractivity contribution in [2.45, 2.75) is 19.9 Å². The predicted molar refractivity (Wildman–Crippen MR) is 72.5 cm³/mol. The van der Waals surface area contributed by atoms with E-state index in [9.17, 15) is 0 Å². The summed E-state index contributed by atoms with van der Waals surface area (Å²) in [5.41, 5.74) is 8.74. The molecule has 18 heavy (non-hydrogen) atoms. The molecule has 0 bridgehead atoms. The van der Waals surface area contributed by atoms with Crippen LogP contribution in [0.4, 0.5) is 5.82 Å². The van der Waals surface area contributed by atoms with Gasteiger partial charge in [0.05, 0.1) is 29.2 Å². The second-order valence-electron chi connectivity index (χ2n) is 4.03. The van der Waals surface area contributed by atoms with Crippen LogP contribution in [0.25, 0.3) is 11.0 Å². The van der Waals surface area contributed by atoms with Gasteiger partial charge in [-0.1, -0.05) is 12.1 Å². The molecule has 0 saturated heterocycles. The number of nitrogens with zero attached hydrogens (tertiary/aromatic N) is 4. The average molecular weight is 259 g/mol. The van der Waals surface area contributed by atoms with Gasteiger partial charge in [-0.25, -0.2) is 4.98 Å². The molecule has 92 valence electrons. The van der Waals surface area contributed by atoms with Crippen LogP contribution in [0.5, 0.6) is 0 Å². The summed E-state index contributed by atoms with van der Waals surface area (Å²) in [6.45, 7) is 2.99. The normalized spacial score (nSPS) is 11.2. The first-order valence-corrected chi connectivity index (χ1v) is 6.53. The molecule has 2 N–H and O–H groups in total. The summed E-state index contributed by atoms with van der Waals surface area (Å²) in [4.78, 5) is 4.64. The zero-order valence-corrected chi connectivity index (χ0v) is 10.8. The van der Waals surface area contributed by atoms with E-state index < -0.39 is 0 Å². The molecule has 3 rings (SSSR count). The Balaban J connectivity index is 2.09. The molecule has 0 atom stereocenters. The van der Waals surface area contributed by atoms with Gasteiger partial charge in [0.25, 0.3) is 0 Å². The molecule has 1 aromatic carbocycles. The molecule has 0 saturated carbocycles. The summed E-state index contributed by atoms with van der Waals surface area (Å²) in [6, 6.07) is 8.13. The number of nitrogen functional groups attached to an aromatic ring is 1. The quantitative estimate of drug-likeness (QED) is 0.781. The van der Waals surface area contributed by atoms with Gasteiger partial charge in [0, 0.05) is 6.54 Å². The zero-order chi connectivity index (χ0) is 12.5. The average Bonchev–Trinajstić information content (AvgIpc) is 2.93. The maximum atomic E-state index is 5.77. The van der Waals surface area contributed by atoms with Crippen LogP contribution >= 0.6 is 11.7 Å². The second-order valence-corrected chi connectivity index (χ2v) is 4.56. The van der Waals surface area contributed by atoms with Crippen LogP contribution in [0, 0.1) is 0 Å². The van der Waals surface area contributed by atoms with Gasteiger partial charge in [-0.15, -0.1) is 0 Å². The first-order valence-electron chi connectivity index (χ1n) is 5.80. The van der Waals surface area contributed by atoms with Crippen molar-refractivity contribution in [3.8, 4) is 0 Å². The lowest BCUT2D eigenvalue weighted by Gasteiger charge is -2.04. The third-order valence-corrected chi connectivity index (χ3v) is 3.54. The summed E-state index contributed by atoms with van der Waals surface area (Å²) in [6.07, 6.45) is 0.630. The van der Waals surface area contributed by atoms with Gasteiger partial charge in [0.1, 0.15) is 11.5 Å². The monoisotopic (exact) mass is 259 g/mol. The summed E-state index contributed by atoms with van der Waals surface area (Å²) in [5, 5.41) is 0. The number of rotatable bonds is 3. The number of hydrogen-bond donors (Lipinski definition) is 1. The van der Waals surface area contributed by atoms with Crippen LogP contribution in [-0.2, 0) is 13.0 Å². The highest BCUT2D eigenvalue weighted by atomic mass is 32.1. The number of benzene rings is 1. The maximum absolute atomic E-state index is 5.77. The van der Waals surface area contributed by atoms with Gasteiger partial charge in [0.2, 0.25) is 0 Å². The predicted octanol–water partition coefficient (Wildman–Crippen LogP) is 2.08. The number of anilines is 1. The first-order chi connectivity index (χ1) is 8.79. The van der Waals surface area contributed by atoms with Gasteiger partial charge < -0.3 is 10.3 Å². The third kappa shape index (κ3) is 1.74. The van der Waals surface area contributed by atoms with Crippen LogP contribution in [0.3, 0.4) is 0 Å². The van der Waals surface area contributed by atoms with E-state index in [4.69, 9.17) is 5.73 Å². The molecule has 0 aliphatic rings. The number of para-hydroxylation sites is 2. The Bertz CT molecular complexity index is 685. The van der Waals surface area contributed by atoms with Crippen molar-refractivity contribution < 1.29 is 0 Å². The van der Waals surface area contributed by atoms with Crippen molar-refractivity contribution in [2.75, 3.05) is 5.73 Å². The van der Waals surface area contributed by atoms with Gasteiger partial charge in [0.15, 0.2) is 5.82 Å². The first kappa shape index (κ1) is 11.2. The fourth-order valence-electron chi connectivity index (χ4n) is 2.10. The van der Waals surface area contributed by atoms with Crippen LogP contribution in [0.15, 0.2) is 24.3 Å². The summed E-state index contributed by atoms with van der Waals surface area (Å²) in [5.74, 6) is 1.49. The van der Waals surface area contributed by atoms with Crippen LogP contribution < -0.4 is 5.73 Å². The molecule has 5 nitrogen and oxygen atoms in total. The van der Waals surface area contributed by atoms with Gasteiger partial charge in [-0.3, -0.25) is 0 Å². The third-order valence-electron chi connectivity index (χ3n) is 2.96. The van der Waals surface area contributed by atoms with E-state index in [1.165, 1.54) is 0 Å². The molecule has 6 heteroatoms. The Morgan fingerprint density at radius 2 is 2.11 bits per heavy atom. The summed E-state index contributed by atoms with van der Waals surface area (Å²) in [7, 11) is 0. The lowest BCUT2D eigenvalue weighted by Crippen LogP contribution is -2.04. The Labute approximate surface area is 109 Å². The minimum Gasteiger partial charge on any atom is -0.381 e. The lowest BCUT2D eigenvalue weighted by atomic mass is 10.3. The number of nitrogens with two attached hydrogens (primary N) is 1. The molecule has 0 aliphatic heterocycles. The second kappa shape index (κ2) is 4.38. The van der Waals surface area contributed by atoms with E-state index in [1.54, 1.807) is 0 Å². The van der Waals surface area contributed by atoms with Crippen molar-refractivity contribution in [1.29, 1.82) is 0 Å². The Morgan fingerprint density at radius 3 is 2.83 bits per heavy atom. The number of fused-ring (bicyclic) bond motifs is 1. The van der Waals surface area contributed by atoms with E-state index >= 15 is 0 Å². The van der Waals surface area contributed by atoms with Crippen molar-refractivity contribution in [3.63, 3.8) is 0 Å². The van der Waals surface area contributed by atoms with E-state index in [2.05, 4.69) is 31.3 Å². The highest BCUT2D eigenvalue weighted by Crippen LogP contribution is 2.19. The largest absolute Gasteiger partial charge is 0.381 e. The van der Waals surface area contributed by atoms with Gasteiger partial charge in [-0.05, 0) is 19.1 Å². The standard InChI is InChI=1S/C12H13N5S/c1-2-17-10-6-4-3-5-8(10)14-11(17)7-9-12(13)16-18-15-9/h3-6H,2,7H2,1H3,(H2,13,16). The van der Waals surface area contributed by atoms with E-state index in [1.807, 2.05) is 18.2 Å². The van der Waals surface area contributed by atoms with Crippen molar-refractivity contribution in [3.05, 3.63) is 35.8 Å². The molecular formula is C12H13N5S. The fraction of sp³-hybridized carbons (Fsp3) is 0.250. The minimum absolute atomic E-state index is 0.509. The minimum atomic E-state index is 0.509. The molecule has 2 heterocycles. The van der Waals surface area contributed by atoms with Crippen LogP contribution in [-0.4, -0.2) is 18.3 Å². The van der Waals surface area contributed by atoms with Gasteiger partial charge >= 0.3 is 0 Å². The Hall–Kier alpha value is -1.95. The highest BCUT2D eigenvalue weighted by Gasteiger charge is 2.13. The molecule has 0 spiro atoms. The van der Waals surface area contributed by atoms with Crippen molar-refractivity contribution >= 4 is 28.6 Å². The number of aromatic nitrogens is 4. The molecule has 3 aromatic rings. The van der Waals surface area contributed by atoms with Crippen molar-refractivity contribution in [2.24, 2.45) is 0 Å². The molecule has 0 unspecified atom stereocenters. The zero-order valence-electron chi connectivity index (χ0n) is 10.00. The van der Waals surface area contributed by atoms with Gasteiger partial charge in [-0.2, -0.15) is 8.75 Å². The Morgan fingerprint density at radius 1 is 1.28 bits per heavy atom. The summed E-state index contributed by atoms with van der Waals surface area (Å²) < 4.78 is 10.4. The maximum Gasteiger partial charge on any atom is 0.161 e. The van der Waals surface area contributed by atoms with E-state index in [-0.39, 0.29) is 0 Å². The van der Waals surface area contributed by atoms with Crippen molar-refractivity contribution in [1.82, 2.24) is 18.3 Å². The Kier molecular flexibility index (Phi) is 2.71. The topological polar surface area (TPSA) is 69.6 Å². The van der Waals surface area contributed by atoms with Crippen LogP contribution in [0.2, 0.25) is 0 Å². The number of imidazole rings is 1. The molecule has 0 radical (unpaired) electrons. The molecular weight excluding hydrogens is 246 g/mol. The summed E-state index contributed by atoms with van der Waals surface area (Å²) >= 11 is 1.14. The lowest BCUT2D eigenvalue weighted by molar-refractivity contribution is 0.731. The van der Waals surface area contributed by atoms with E-state index in [0.29, 0.717) is 12.2 Å². The number of hydrogen-bond acceptors (Lipinski definition) is 5. The molecule has 0 amide bonds. The molecule has 0 aliphatic carbocycles. The number of aryl methyl sites for hydroxylation is 1. The smallest absolute Gasteiger partial charge is 0.161 e. The SMILES string of the molecule is CCn1c(Cc2nsnc2N)nc2ccccc21. The van der Waals surface area contributed by atoms with E-state index in [0.717, 1.165) is 40.8 Å². The molecule has 2 aromatic heterocycles.